The number of alkyl carbamates (subject to hydrolysis) is 1. The maximum absolute atomic E-state index is 12.2. The zero-order chi connectivity index (χ0) is 23.2. The van der Waals surface area contributed by atoms with Crippen LogP contribution in [0, 0.1) is 0 Å². The van der Waals surface area contributed by atoms with E-state index in [1.807, 2.05) is 24.3 Å². The number of carboxylic acids is 1. The van der Waals surface area contributed by atoms with Gasteiger partial charge < -0.3 is 24.6 Å². The first kappa shape index (κ1) is 22.2. The molecule has 0 spiro atoms. The van der Waals surface area contributed by atoms with E-state index in [9.17, 15) is 9.59 Å². The Kier molecular flexibility index (Phi) is 6.78. The van der Waals surface area contributed by atoms with Gasteiger partial charge in [0.25, 0.3) is 0 Å². The predicted molar refractivity (Wildman–Crippen MR) is 123 cm³/mol. The van der Waals surface area contributed by atoms with Crippen LogP contribution in [0.3, 0.4) is 0 Å². The summed E-state index contributed by atoms with van der Waals surface area (Å²) < 4.78 is 16.4. The molecule has 0 bridgehead atoms. The maximum Gasteiger partial charge on any atom is 0.407 e. The molecule has 0 radical (unpaired) electrons. The molecule has 1 aliphatic carbocycles. The Labute approximate surface area is 191 Å². The first-order valence-corrected chi connectivity index (χ1v) is 10.7. The molecule has 0 aliphatic heterocycles. The van der Waals surface area contributed by atoms with E-state index in [0.29, 0.717) is 17.1 Å². The highest BCUT2D eigenvalue weighted by molar-refractivity contribution is 5.79. The van der Waals surface area contributed by atoms with Gasteiger partial charge in [-0.2, -0.15) is 0 Å². The van der Waals surface area contributed by atoms with Crippen LogP contribution in [0.5, 0.6) is 11.5 Å². The van der Waals surface area contributed by atoms with Gasteiger partial charge in [-0.1, -0.05) is 54.6 Å². The van der Waals surface area contributed by atoms with E-state index in [1.54, 1.807) is 18.2 Å². The van der Waals surface area contributed by atoms with Crippen molar-refractivity contribution in [3.8, 4) is 22.6 Å². The van der Waals surface area contributed by atoms with Crippen LogP contribution in [0.1, 0.15) is 22.6 Å². The molecule has 0 unspecified atom stereocenters. The van der Waals surface area contributed by atoms with Crippen molar-refractivity contribution in [3.63, 3.8) is 0 Å². The highest BCUT2D eigenvalue weighted by Gasteiger charge is 2.28. The van der Waals surface area contributed by atoms with Crippen LogP contribution in [0.4, 0.5) is 4.79 Å². The number of rotatable bonds is 9. The Morgan fingerprint density at radius 3 is 2.24 bits per heavy atom. The molecule has 0 fully saturated rings. The molecule has 4 rings (SSSR count). The minimum absolute atomic E-state index is 0.00739. The Morgan fingerprint density at radius 1 is 0.939 bits per heavy atom. The van der Waals surface area contributed by atoms with Gasteiger partial charge in [0, 0.05) is 5.92 Å². The molecule has 3 aromatic rings. The highest BCUT2D eigenvalue weighted by Crippen LogP contribution is 2.44. The van der Waals surface area contributed by atoms with Crippen LogP contribution in [-0.4, -0.2) is 44.0 Å². The average Bonchev–Trinajstić information content (AvgIpc) is 3.14. The molecule has 33 heavy (non-hydrogen) atoms. The number of hydrogen-bond donors (Lipinski definition) is 2. The molecule has 1 amide bonds. The fourth-order valence-corrected chi connectivity index (χ4v) is 4.08. The fourth-order valence-electron chi connectivity index (χ4n) is 4.08. The van der Waals surface area contributed by atoms with E-state index in [0.717, 1.165) is 11.1 Å². The number of fused-ring (bicyclic) bond motifs is 3. The van der Waals surface area contributed by atoms with E-state index in [2.05, 4.69) is 29.6 Å². The third-order valence-corrected chi connectivity index (χ3v) is 5.56. The molecule has 7 nitrogen and oxygen atoms in total. The fraction of sp³-hybridized carbons (Fsp3) is 0.231. The lowest BCUT2D eigenvalue weighted by molar-refractivity contribution is -0.136. The van der Waals surface area contributed by atoms with Crippen molar-refractivity contribution in [2.45, 2.75) is 12.3 Å². The van der Waals surface area contributed by atoms with Crippen LogP contribution in [0.25, 0.3) is 11.1 Å². The summed E-state index contributed by atoms with van der Waals surface area (Å²) in [6.07, 6.45) is -0.607. The first-order valence-electron chi connectivity index (χ1n) is 10.7. The first-order chi connectivity index (χ1) is 16.1. The van der Waals surface area contributed by atoms with E-state index in [1.165, 1.54) is 18.2 Å². The summed E-state index contributed by atoms with van der Waals surface area (Å²) in [4.78, 5) is 23.1. The summed E-state index contributed by atoms with van der Waals surface area (Å²) in [6, 6.07) is 21.3. The van der Waals surface area contributed by atoms with Crippen molar-refractivity contribution in [3.05, 3.63) is 83.4 Å². The normalized spacial score (nSPS) is 11.9. The molecule has 1 aliphatic rings. The third kappa shape index (κ3) is 5.09. The van der Waals surface area contributed by atoms with Gasteiger partial charge in [-0.15, -0.1) is 0 Å². The van der Waals surface area contributed by atoms with Gasteiger partial charge in [0.1, 0.15) is 13.2 Å². The minimum atomic E-state index is -0.919. The Bertz CT molecular complexity index is 1110. The number of ether oxygens (including phenoxy) is 3. The zero-order valence-electron chi connectivity index (χ0n) is 18.2. The van der Waals surface area contributed by atoms with Crippen LogP contribution < -0.4 is 14.8 Å². The summed E-state index contributed by atoms with van der Waals surface area (Å²) in [6.45, 7) is 0.703. The Balaban J connectivity index is 1.27. The number of hydrogen-bond acceptors (Lipinski definition) is 5. The van der Waals surface area contributed by atoms with Gasteiger partial charge in [-0.3, -0.25) is 4.79 Å². The molecular weight excluding hydrogens is 422 g/mol. The summed E-state index contributed by atoms with van der Waals surface area (Å²) >= 11 is 0. The van der Waals surface area contributed by atoms with Crippen LogP contribution in [0.15, 0.2) is 66.7 Å². The minimum Gasteiger partial charge on any atom is -0.493 e. The van der Waals surface area contributed by atoms with Crippen LogP contribution in [-0.2, 0) is 16.0 Å². The lowest BCUT2D eigenvalue weighted by atomic mass is 9.98. The number of amides is 1. The molecule has 0 saturated heterocycles. The van der Waals surface area contributed by atoms with E-state index < -0.39 is 12.1 Å². The SMILES string of the molecule is COc1cc(CC(=O)O)ccc1OCCNC(=O)OCC1c2ccccc2-c2ccccc21. The highest BCUT2D eigenvalue weighted by atomic mass is 16.5. The average molecular weight is 447 g/mol. The molecule has 0 saturated carbocycles. The van der Waals surface area contributed by atoms with Crippen LogP contribution in [0.2, 0.25) is 0 Å². The topological polar surface area (TPSA) is 94.1 Å². The number of carbonyl (C=O) groups is 2. The number of carbonyl (C=O) groups excluding carboxylic acids is 1. The molecule has 0 aromatic heterocycles. The summed E-state index contributed by atoms with van der Waals surface area (Å²) in [7, 11) is 1.49. The van der Waals surface area contributed by atoms with Gasteiger partial charge in [0.2, 0.25) is 0 Å². The number of nitrogens with one attached hydrogen (secondary N) is 1. The molecule has 7 heteroatoms. The van der Waals surface area contributed by atoms with Gasteiger partial charge >= 0.3 is 12.1 Å². The Hall–Kier alpha value is -4.00. The zero-order valence-corrected chi connectivity index (χ0v) is 18.2. The number of aliphatic carboxylic acids is 1. The molecule has 0 atom stereocenters. The van der Waals surface area contributed by atoms with E-state index in [-0.39, 0.29) is 32.1 Å². The third-order valence-electron chi connectivity index (χ3n) is 5.56. The van der Waals surface area contributed by atoms with Gasteiger partial charge in [-0.05, 0) is 39.9 Å². The smallest absolute Gasteiger partial charge is 0.407 e. The van der Waals surface area contributed by atoms with Crippen molar-refractivity contribution in [2.75, 3.05) is 26.9 Å². The van der Waals surface area contributed by atoms with Crippen molar-refractivity contribution in [2.24, 2.45) is 0 Å². The van der Waals surface area contributed by atoms with E-state index >= 15 is 0 Å². The van der Waals surface area contributed by atoms with Gasteiger partial charge in [0.05, 0.1) is 20.1 Å². The molecule has 3 aromatic carbocycles. The molecule has 170 valence electrons. The van der Waals surface area contributed by atoms with Gasteiger partial charge in [0.15, 0.2) is 11.5 Å². The van der Waals surface area contributed by atoms with Crippen molar-refractivity contribution < 1.29 is 28.9 Å². The van der Waals surface area contributed by atoms with Crippen molar-refractivity contribution >= 4 is 12.1 Å². The number of methoxy groups -OCH3 is 1. The quantitative estimate of drug-likeness (QED) is 0.477. The van der Waals surface area contributed by atoms with Crippen molar-refractivity contribution in [1.29, 1.82) is 0 Å². The molecule has 0 heterocycles. The summed E-state index contributed by atoms with van der Waals surface area (Å²) in [5.74, 6) is 0.00172. The lowest BCUT2D eigenvalue weighted by Gasteiger charge is -2.15. The lowest BCUT2D eigenvalue weighted by Crippen LogP contribution is -2.30. The maximum atomic E-state index is 12.2. The largest absolute Gasteiger partial charge is 0.493 e. The predicted octanol–water partition coefficient (Wildman–Crippen LogP) is 4.24. The number of carboxylic acid groups (broad SMARTS) is 1. The summed E-state index contributed by atoms with van der Waals surface area (Å²) in [5, 5.41) is 11.6. The van der Waals surface area contributed by atoms with Gasteiger partial charge in [-0.25, -0.2) is 4.79 Å². The number of benzene rings is 3. The second-order valence-corrected chi connectivity index (χ2v) is 7.66. The standard InChI is InChI=1S/C26H25NO6/c1-31-24-14-17(15-25(28)29)10-11-23(24)32-13-12-27-26(30)33-16-22-20-8-4-2-6-18(20)19-7-3-5-9-21(19)22/h2-11,14,22H,12-13,15-16H2,1H3,(H,27,30)(H,28,29). The second-order valence-electron chi connectivity index (χ2n) is 7.66. The Morgan fingerprint density at radius 2 is 1.61 bits per heavy atom. The molecular formula is C26H25NO6. The van der Waals surface area contributed by atoms with Crippen LogP contribution >= 0.6 is 0 Å². The second kappa shape index (κ2) is 10.1. The monoisotopic (exact) mass is 447 g/mol. The van der Waals surface area contributed by atoms with E-state index in [4.69, 9.17) is 19.3 Å². The van der Waals surface area contributed by atoms with Crippen molar-refractivity contribution in [1.82, 2.24) is 5.32 Å². The summed E-state index contributed by atoms with van der Waals surface area (Å²) in [5.41, 5.74) is 5.29. The molecule has 2 N–H and O–H groups in total.